The second-order valence-electron chi connectivity index (χ2n) is 6.18. The highest BCUT2D eigenvalue weighted by molar-refractivity contribution is 7.99. The highest BCUT2D eigenvalue weighted by Crippen LogP contribution is 2.22. The molecule has 1 atom stereocenters. The van der Waals surface area contributed by atoms with Crippen LogP contribution in [0.2, 0.25) is 0 Å². The molecule has 0 aliphatic heterocycles. The second kappa shape index (κ2) is 9.43. The van der Waals surface area contributed by atoms with Gasteiger partial charge in [0.05, 0.1) is 6.61 Å². The Morgan fingerprint density at radius 1 is 1.08 bits per heavy atom. The van der Waals surface area contributed by atoms with Crippen LogP contribution in [0.3, 0.4) is 0 Å². The molecular weight excluding hydrogens is 344 g/mol. The summed E-state index contributed by atoms with van der Waals surface area (Å²) in [6.07, 6.45) is 1.76. The van der Waals surface area contributed by atoms with Gasteiger partial charge in [-0.1, -0.05) is 68.1 Å². The number of rotatable bonds is 9. The van der Waals surface area contributed by atoms with Crippen LogP contribution in [0.4, 0.5) is 0 Å². The third kappa shape index (κ3) is 5.36. The molecule has 1 heterocycles. The van der Waals surface area contributed by atoms with Crippen LogP contribution in [-0.2, 0) is 12.8 Å². The summed E-state index contributed by atoms with van der Waals surface area (Å²) in [7, 11) is 0. The van der Waals surface area contributed by atoms with Gasteiger partial charge < -0.3 is 9.15 Å². The zero-order valence-corrected chi connectivity index (χ0v) is 16.0. The molecule has 3 rings (SSSR count). The van der Waals surface area contributed by atoms with Crippen LogP contribution in [0.1, 0.15) is 36.8 Å². The number of aryl methyl sites for hydroxylation is 1. The molecular formula is C21H24N2O2S. The van der Waals surface area contributed by atoms with E-state index in [9.17, 15) is 0 Å². The van der Waals surface area contributed by atoms with Crippen molar-refractivity contribution in [1.82, 2.24) is 10.2 Å². The van der Waals surface area contributed by atoms with Gasteiger partial charge in [0, 0.05) is 12.2 Å². The molecule has 4 nitrogen and oxygen atoms in total. The van der Waals surface area contributed by atoms with Crippen LogP contribution in [0.15, 0.2) is 64.2 Å². The van der Waals surface area contributed by atoms with Gasteiger partial charge in [-0.3, -0.25) is 0 Å². The normalized spacial score (nSPS) is 12.1. The minimum Gasteiger partial charge on any atom is -0.493 e. The predicted octanol–water partition coefficient (Wildman–Crippen LogP) is 5.15. The van der Waals surface area contributed by atoms with Crippen molar-refractivity contribution < 1.29 is 9.15 Å². The summed E-state index contributed by atoms with van der Waals surface area (Å²) < 4.78 is 11.5. The standard InChI is InChI=1S/C21H24N2O2S/c1-3-17-8-7-11-19(15-17)24-12-13-26-21-23-22-20(25-21)14-16(2)18-9-5-4-6-10-18/h4-11,15-16H,3,12-14H2,1-2H3. The first kappa shape index (κ1) is 18.5. The molecule has 5 heteroatoms. The zero-order chi connectivity index (χ0) is 18.2. The van der Waals surface area contributed by atoms with E-state index >= 15 is 0 Å². The van der Waals surface area contributed by atoms with Gasteiger partial charge in [0.2, 0.25) is 5.89 Å². The lowest BCUT2D eigenvalue weighted by Gasteiger charge is -2.08. The van der Waals surface area contributed by atoms with Crippen LogP contribution in [0.25, 0.3) is 0 Å². The molecule has 136 valence electrons. The molecule has 3 aromatic rings. The van der Waals surface area contributed by atoms with Crippen molar-refractivity contribution in [2.45, 2.75) is 37.8 Å². The van der Waals surface area contributed by atoms with Crippen LogP contribution >= 0.6 is 11.8 Å². The highest BCUT2D eigenvalue weighted by atomic mass is 32.2. The van der Waals surface area contributed by atoms with E-state index < -0.39 is 0 Å². The van der Waals surface area contributed by atoms with E-state index in [-0.39, 0.29) is 0 Å². The smallest absolute Gasteiger partial charge is 0.276 e. The van der Waals surface area contributed by atoms with Gasteiger partial charge in [-0.15, -0.1) is 10.2 Å². The maximum atomic E-state index is 5.79. The van der Waals surface area contributed by atoms with Crippen molar-refractivity contribution in [2.24, 2.45) is 0 Å². The molecule has 0 amide bonds. The summed E-state index contributed by atoms with van der Waals surface area (Å²) in [5.74, 6) is 2.71. The van der Waals surface area contributed by atoms with Gasteiger partial charge in [-0.25, -0.2) is 0 Å². The Kier molecular flexibility index (Phi) is 6.72. The first-order valence-corrected chi connectivity index (χ1v) is 9.95. The van der Waals surface area contributed by atoms with E-state index in [0.29, 0.717) is 23.6 Å². The molecule has 1 aromatic heterocycles. The van der Waals surface area contributed by atoms with Crippen LogP contribution < -0.4 is 4.74 Å². The minimum absolute atomic E-state index is 0.351. The molecule has 0 N–H and O–H groups in total. The van der Waals surface area contributed by atoms with Gasteiger partial charge in [0.15, 0.2) is 0 Å². The number of aromatic nitrogens is 2. The van der Waals surface area contributed by atoms with Crippen molar-refractivity contribution in [1.29, 1.82) is 0 Å². The zero-order valence-electron chi connectivity index (χ0n) is 15.2. The van der Waals surface area contributed by atoms with Crippen LogP contribution in [0, 0.1) is 0 Å². The van der Waals surface area contributed by atoms with E-state index in [0.717, 1.165) is 24.3 Å². The first-order chi connectivity index (χ1) is 12.7. The summed E-state index contributed by atoms with van der Waals surface area (Å²) in [5.41, 5.74) is 2.56. The molecule has 0 saturated heterocycles. The van der Waals surface area contributed by atoms with Gasteiger partial charge >= 0.3 is 0 Å². The topological polar surface area (TPSA) is 48.2 Å². The Morgan fingerprint density at radius 2 is 1.92 bits per heavy atom. The number of benzene rings is 2. The average Bonchev–Trinajstić information content (AvgIpc) is 3.13. The molecule has 0 aliphatic rings. The first-order valence-electron chi connectivity index (χ1n) is 8.96. The largest absolute Gasteiger partial charge is 0.493 e. The molecule has 0 spiro atoms. The Morgan fingerprint density at radius 3 is 2.73 bits per heavy atom. The molecule has 0 saturated carbocycles. The third-order valence-electron chi connectivity index (χ3n) is 4.18. The third-order valence-corrected chi connectivity index (χ3v) is 4.96. The summed E-state index contributed by atoms with van der Waals surface area (Å²) in [4.78, 5) is 0. The SMILES string of the molecule is CCc1cccc(OCCSc2nnc(CC(C)c3ccccc3)o2)c1. The molecule has 1 unspecified atom stereocenters. The molecule has 0 fully saturated rings. The summed E-state index contributed by atoms with van der Waals surface area (Å²) in [6.45, 7) is 4.92. The molecule has 0 radical (unpaired) electrons. The lowest BCUT2D eigenvalue weighted by Crippen LogP contribution is -2.00. The van der Waals surface area contributed by atoms with Gasteiger partial charge in [-0.2, -0.15) is 0 Å². The van der Waals surface area contributed by atoms with Gasteiger partial charge in [0.25, 0.3) is 5.22 Å². The number of hydrogen-bond donors (Lipinski definition) is 0. The van der Waals surface area contributed by atoms with E-state index in [2.05, 4.69) is 60.4 Å². The van der Waals surface area contributed by atoms with Crippen LogP contribution in [-0.4, -0.2) is 22.6 Å². The van der Waals surface area contributed by atoms with Crippen molar-refractivity contribution >= 4 is 11.8 Å². The fourth-order valence-corrected chi connectivity index (χ4v) is 3.28. The number of nitrogens with zero attached hydrogens (tertiary/aromatic N) is 2. The Balaban J connectivity index is 1.43. The maximum absolute atomic E-state index is 5.79. The number of hydrogen-bond acceptors (Lipinski definition) is 5. The van der Waals surface area contributed by atoms with E-state index in [4.69, 9.17) is 9.15 Å². The minimum atomic E-state index is 0.351. The predicted molar refractivity (Wildman–Crippen MR) is 105 cm³/mol. The fraction of sp³-hybridized carbons (Fsp3) is 0.333. The van der Waals surface area contributed by atoms with E-state index in [1.54, 1.807) is 0 Å². The van der Waals surface area contributed by atoms with Crippen LogP contribution in [0.5, 0.6) is 5.75 Å². The summed E-state index contributed by atoms with van der Waals surface area (Å²) in [5, 5.41) is 8.89. The summed E-state index contributed by atoms with van der Waals surface area (Å²) >= 11 is 1.53. The number of thioether (sulfide) groups is 1. The second-order valence-corrected chi connectivity index (χ2v) is 7.22. The average molecular weight is 369 g/mol. The van der Waals surface area contributed by atoms with Crippen molar-refractivity contribution in [2.75, 3.05) is 12.4 Å². The molecule has 2 aromatic carbocycles. The quantitative estimate of drug-likeness (QED) is 0.386. The lowest BCUT2D eigenvalue weighted by atomic mass is 9.98. The van der Waals surface area contributed by atoms with E-state index in [1.807, 2.05) is 18.2 Å². The molecule has 0 aliphatic carbocycles. The monoisotopic (exact) mass is 368 g/mol. The summed E-state index contributed by atoms with van der Waals surface area (Å²) in [6, 6.07) is 18.6. The molecule has 26 heavy (non-hydrogen) atoms. The van der Waals surface area contributed by atoms with E-state index in [1.165, 1.54) is 22.9 Å². The van der Waals surface area contributed by atoms with Gasteiger partial charge in [0.1, 0.15) is 5.75 Å². The number of ether oxygens (including phenoxy) is 1. The molecule has 0 bridgehead atoms. The van der Waals surface area contributed by atoms with Crippen molar-refractivity contribution in [3.05, 3.63) is 71.6 Å². The Labute approximate surface area is 159 Å². The lowest BCUT2D eigenvalue weighted by molar-refractivity contribution is 0.342. The Hall–Kier alpha value is -2.27. The van der Waals surface area contributed by atoms with Crippen molar-refractivity contribution in [3.8, 4) is 5.75 Å². The van der Waals surface area contributed by atoms with Gasteiger partial charge in [-0.05, 0) is 35.6 Å². The maximum Gasteiger partial charge on any atom is 0.276 e. The van der Waals surface area contributed by atoms with Crippen molar-refractivity contribution in [3.63, 3.8) is 0 Å². The highest BCUT2D eigenvalue weighted by Gasteiger charge is 2.12. The Bertz CT molecular complexity index is 805. The fourth-order valence-electron chi connectivity index (χ4n) is 2.68.